The van der Waals surface area contributed by atoms with Gasteiger partial charge in [-0.25, -0.2) is 4.98 Å². The summed E-state index contributed by atoms with van der Waals surface area (Å²) in [5, 5.41) is 3.93. The van der Waals surface area contributed by atoms with Gasteiger partial charge in [-0.2, -0.15) is 8.75 Å². The van der Waals surface area contributed by atoms with E-state index in [1.807, 2.05) is 38.1 Å². The average Bonchev–Trinajstić information content (AvgIpc) is 3.24. The van der Waals surface area contributed by atoms with Gasteiger partial charge in [-0.1, -0.05) is 6.07 Å². The molecule has 1 N–H and O–H groups in total. The summed E-state index contributed by atoms with van der Waals surface area (Å²) in [7, 11) is 0. The zero-order valence-electron chi connectivity index (χ0n) is 14.7. The maximum absolute atomic E-state index is 12.6. The first-order valence-corrected chi connectivity index (χ1v) is 9.82. The van der Waals surface area contributed by atoms with Crippen molar-refractivity contribution in [3.05, 3.63) is 64.4 Å². The number of ether oxygens (including phenoxy) is 1. The zero-order chi connectivity index (χ0) is 18.8. The molecule has 0 spiro atoms. The van der Waals surface area contributed by atoms with Crippen LogP contribution >= 0.6 is 23.1 Å². The van der Waals surface area contributed by atoms with E-state index in [-0.39, 0.29) is 5.91 Å². The Hall–Kier alpha value is -2.84. The Kier molecular flexibility index (Phi) is 4.83. The van der Waals surface area contributed by atoms with Crippen LogP contribution in [0.4, 0.5) is 5.69 Å². The number of nitrogens with one attached hydrogen (secondary N) is 1. The van der Waals surface area contributed by atoms with Crippen LogP contribution in [0.25, 0.3) is 10.2 Å². The average molecular weight is 396 g/mol. The van der Waals surface area contributed by atoms with Crippen LogP contribution in [0, 0.1) is 13.8 Å². The summed E-state index contributed by atoms with van der Waals surface area (Å²) in [6.45, 7) is 4.19. The summed E-state index contributed by atoms with van der Waals surface area (Å²) in [5.74, 6) is 0.427. The van der Waals surface area contributed by atoms with E-state index in [1.165, 1.54) is 11.7 Å². The maximum atomic E-state index is 12.6. The molecule has 27 heavy (non-hydrogen) atoms. The number of fused-ring (bicyclic) bond motifs is 1. The number of nitrogens with zero attached hydrogens (tertiary/aromatic N) is 3. The Bertz CT molecular complexity index is 1120. The van der Waals surface area contributed by atoms with Gasteiger partial charge in [0.1, 0.15) is 18.1 Å². The topological polar surface area (TPSA) is 77.0 Å². The third-order valence-corrected chi connectivity index (χ3v) is 5.56. The van der Waals surface area contributed by atoms with Gasteiger partial charge in [0, 0.05) is 11.3 Å². The first kappa shape index (κ1) is 17.6. The summed E-state index contributed by atoms with van der Waals surface area (Å²) < 4.78 is 15.1. The minimum Gasteiger partial charge on any atom is -0.487 e. The first-order chi connectivity index (χ1) is 13.1. The normalized spacial score (nSPS) is 10.9. The van der Waals surface area contributed by atoms with E-state index >= 15 is 0 Å². The van der Waals surface area contributed by atoms with Crippen molar-refractivity contribution in [3.63, 3.8) is 0 Å². The van der Waals surface area contributed by atoms with Gasteiger partial charge in [-0.15, -0.1) is 11.3 Å². The number of aryl methyl sites for hydroxylation is 2. The van der Waals surface area contributed by atoms with Crippen molar-refractivity contribution >= 4 is 44.9 Å². The smallest absolute Gasteiger partial charge is 0.255 e. The highest BCUT2D eigenvalue weighted by Crippen LogP contribution is 2.25. The van der Waals surface area contributed by atoms with Crippen molar-refractivity contribution in [2.45, 2.75) is 20.5 Å². The molecule has 0 atom stereocenters. The van der Waals surface area contributed by atoms with E-state index < -0.39 is 0 Å². The number of hydrogen-bond donors (Lipinski definition) is 1. The number of aromatic nitrogens is 3. The number of rotatable bonds is 5. The lowest BCUT2D eigenvalue weighted by atomic mass is 10.2. The fourth-order valence-corrected chi connectivity index (χ4v) is 4.00. The van der Waals surface area contributed by atoms with Crippen molar-refractivity contribution in [1.29, 1.82) is 0 Å². The van der Waals surface area contributed by atoms with Gasteiger partial charge in [0.05, 0.1) is 32.6 Å². The van der Waals surface area contributed by atoms with Gasteiger partial charge >= 0.3 is 0 Å². The molecule has 6 nitrogen and oxygen atoms in total. The third kappa shape index (κ3) is 3.96. The van der Waals surface area contributed by atoms with E-state index in [0.29, 0.717) is 17.9 Å². The molecule has 0 aliphatic rings. The molecule has 0 aliphatic heterocycles. The van der Waals surface area contributed by atoms with E-state index in [0.717, 1.165) is 32.3 Å². The molecular weight excluding hydrogens is 380 g/mol. The highest BCUT2D eigenvalue weighted by Gasteiger charge is 2.10. The molecule has 0 unspecified atom stereocenters. The van der Waals surface area contributed by atoms with Gasteiger partial charge in [0.2, 0.25) is 0 Å². The zero-order valence-corrected chi connectivity index (χ0v) is 16.4. The molecule has 136 valence electrons. The predicted molar refractivity (Wildman–Crippen MR) is 108 cm³/mol. The second-order valence-corrected chi connectivity index (χ2v) is 7.75. The summed E-state index contributed by atoms with van der Waals surface area (Å²) in [4.78, 5) is 17.0. The van der Waals surface area contributed by atoms with Crippen molar-refractivity contribution in [1.82, 2.24) is 13.7 Å². The van der Waals surface area contributed by atoms with E-state index in [9.17, 15) is 4.79 Å². The predicted octanol–water partition coefficient (Wildman–Crippen LogP) is 4.60. The summed E-state index contributed by atoms with van der Waals surface area (Å²) in [6, 6.07) is 12.8. The Morgan fingerprint density at radius 3 is 2.85 bits per heavy atom. The number of carbonyl (C=O) groups is 1. The van der Waals surface area contributed by atoms with Gasteiger partial charge in [-0.05, 0) is 50.2 Å². The molecule has 0 fully saturated rings. The monoisotopic (exact) mass is 396 g/mol. The van der Waals surface area contributed by atoms with Crippen LogP contribution in [0.5, 0.6) is 5.75 Å². The number of thiazole rings is 1. The molecule has 2 heterocycles. The molecular formula is C19H16N4O2S2. The molecule has 0 radical (unpaired) electrons. The summed E-state index contributed by atoms with van der Waals surface area (Å²) in [5.41, 5.74) is 3.89. The van der Waals surface area contributed by atoms with Crippen LogP contribution in [0.15, 0.2) is 42.5 Å². The highest BCUT2D eigenvalue weighted by molar-refractivity contribution is 7.18. The lowest BCUT2D eigenvalue weighted by Gasteiger charge is -2.08. The van der Waals surface area contributed by atoms with Crippen LogP contribution in [-0.4, -0.2) is 19.6 Å². The minimum absolute atomic E-state index is 0.187. The van der Waals surface area contributed by atoms with Crippen LogP contribution in [0.2, 0.25) is 0 Å². The molecule has 0 saturated carbocycles. The third-order valence-electron chi connectivity index (χ3n) is 3.97. The fourth-order valence-electron chi connectivity index (χ4n) is 2.58. The Morgan fingerprint density at radius 2 is 2.04 bits per heavy atom. The first-order valence-electron chi connectivity index (χ1n) is 8.28. The van der Waals surface area contributed by atoms with Gasteiger partial charge < -0.3 is 10.1 Å². The quantitative estimate of drug-likeness (QED) is 0.534. The maximum Gasteiger partial charge on any atom is 0.255 e. The molecule has 4 aromatic rings. The van der Waals surface area contributed by atoms with Crippen LogP contribution < -0.4 is 10.1 Å². The van der Waals surface area contributed by atoms with Crippen LogP contribution in [0.3, 0.4) is 0 Å². The fraction of sp³-hybridized carbons (Fsp3) is 0.158. The molecule has 0 bridgehead atoms. The summed E-state index contributed by atoms with van der Waals surface area (Å²) >= 11 is 2.77. The van der Waals surface area contributed by atoms with E-state index in [1.54, 1.807) is 29.5 Å². The van der Waals surface area contributed by atoms with Gasteiger partial charge in [0.15, 0.2) is 0 Å². The standard InChI is InChI=1S/C19H16N4O2S2/c1-11-17(23-27-22-11)10-25-15-5-3-4-13(8-15)19(24)21-14-6-7-16-18(9-14)26-12(2)20-16/h3-9H,10H2,1-2H3,(H,21,24). The molecule has 2 aromatic heterocycles. The number of anilines is 1. The van der Waals surface area contributed by atoms with Crippen molar-refractivity contribution in [3.8, 4) is 5.75 Å². The molecule has 1 amide bonds. The molecule has 2 aromatic carbocycles. The van der Waals surface area contributed by atoms with Crippen LogP contribution in [0.1, 0.15) is 26.8 Å². The van der Waals surface area contributed by atoms with Gasteiger partial charge in [-0.3, -0.25) is 4.79 Å². The number of hydrogen-bond acceptors (Lipinski definition) is 7. The van der Waals surface area contributed by atoms with E-state index in [4.69, 9.17) is 4.74 Å². The number of carbonyl (C=O) groups excluding carboxylic acids is 1. The Balaban J connectivity index is 1.47. The number of benzene rings is 2. The Labute approximate surface area is 164 Å². The lowest BCUT2D eigenvalue weighted by Crippen LogP contribution is -2.12. The molecule has 0 aliphatic carbocycles. The van der Waals surface area contributed by atoms with Crippen molar-refractivity contribution in [2.24, 2.45) is 0 Å². The highest BCUT2D eigenvalue weighted by atomic mass is 32.1. The molecule has 4 rings (SSSR count). The SMILES string of the molecule is Cc1nc2ccc(NC(=O)c3cccc(OCc4nsnc4C)c3)cc2s1. The summed E-state index contributed by atoms with van der Waals surface area (Å²) in [6.07, 6.45) is 0. The Morgan fingerprint density at radius 1 is 1.15 bits per heavy atom. The van der Waals surface area contributed by atoms with E-state index in [2.05, 4.69) is 19.0 Å². The largest absolute Gasteiger partial charge is 0.487 e. The second-order valence-electron chi connectivity index (χ2n) is 5.98. The number of amides is 1. The second kappa shape index (κ2) is 7.42. The molecule has 0 saturated heterocycles. The van der Waals surface area contributed by atoms with Crippen LogP contribution in [-0.2, 0) is 6.61 Å². The van der Waals surface area contributed by atoms with Crippen molar-refractivity contribution < 1.29 is 9.53 Å². The van der Waals surface area contributed by atoms with Crippen molar-refractivity contribution in [2.75, 3.05) is 5.32 Å². The van der Waals surface area contributed by atoms with Gasteiger partial charge in [0.25, 0.3) is 5.91 Å². The lowest BCUT2D eigenvalue weighted by molar-refractivity contribution is 0.102. The molecule has 8 heteroatoms. The minimum atomic E-state index is -0.187.